The van der Waals surface area contributed by atoms with E-state index in [1.165, 1.54) is 11.6 Å². The van der Waals surface area contributed by atoms with Crippen molar-refractivity contribution in [2.24, 2.45) is 0 Å². The van der Waals surface area contributed by atoms with Gasteiger partial charge in [0.15, 0.2) is 0 Å². The Balaban J connectivity index is 2.33. The summed E-state index contributed by atoms with van der Waals surface area (Å²) in [4.78, 5) is 2.10. The molecule has 2 rings (SSSR count). The molecule has 3 heteroatoms. The van der Waals surface area contributed by atoms with Gasteiger partial charge in [-0.3, -0.25) is 0 Å². The summed E-state index contributed by atoms with van der Waals surface area (Å²) in [6, 6.07) is 13.6. The maximum atomic E-state index is 13.6. The lowest BCUT2D eigenvalue weighted by atomic mass is 10.1. The summed E-state index contributed by atoms with van der Waals surface area (Å²) in [7, 11) is 2.01. The third-order valence-corrected chi connectivity index (χ3v) is 3.49. The van der Waals surface area contributed by atoms with Gasteiger partial charge >= 0.3 is 0 Å². The molecule has 2 aromatic carbocycles. The summed E-state index contributed by atoms with van der Waals surface area (Å²) >= 11 is 0. The number of hydrogen-bond acceptors (Lipinski definition) is 2. The molecule has 0 radical (unpaired) electrons. The van der Waals surface area contributed by atoms with Crippen LogP contribution in [0.15, 0.2) is 42.5 Å². The Morgan fingerprint density at radius 3 is 2.57 bits per heavy atom. The summed E-state index contributed by atoms with van der Waals surface area (Å²) < 4.78 is 13.6. The van der Waals surface area contributed by atoms with Crippen molar-refractivity contribution in [2.75, 3.05) is 11.9 Å². The number of anilines is 2. The Bertz CT molecular complexity index is 608. The standard InChI is InChI=1S/C18H23FN2/c1-13(2)20-12-15-11-16(19)8-9-18(15)21(4)17-7-5-6-14(3)10-17/h5-11,13,20H,12H2,1-4H3. The van der Waals surface area contributed by atoms with Gasteiger partial charge < -0.3 is 10.2 Å². The van der Waals surface area contributed by atoms with Gasteiger partial charge in [-0.2, -0.15) is 0 Å². The first-order valence-corrected chi connectivity index (χ1v) is 7.29. The predicted octanol–water partition coefficient (Wildman–Crippen LogP) is 4.40. The summed E-state index contributed by atoms with van der Waals surface area (Å²) in [5.41, 5.74) is 4.30. The summed E-state index contributed by atoms with van der Waals surface area (Å²) in [5.74, 6) is -0.197. The van der Waals surface area contributed by atoms with Gasteiger partial charge in [0.2, 0.25) is 0 Å². The quantitative estimate of drug-likeness (QED) is 0.876. The van der Waals surface area contributed by atoms with Crippen LogP contribution < -0.4 is 10.2 Å². The molecule has 0 atom stereocenters. The Morgan fingerprint density at radius 2 is 1.90 bits per heavy atom. The number of benzene rings is 2. The Morgan fingerprint density at radius 1 is 1.14 bits per heavy atom. The largest absolute Gasteiger partial charge is 0.344 e. The molecule has 0 fully saturated rings. The molecule has 2 aromatic rings. The van der Waals surface area contributed by atoms with Crippen molar-refractivity contribution in [2.45, 2.75) is 33.4 Å². The van der Waals surface area contributed by atoms with Crippen LogP contribution in [0.5, 0.6) is 0 Å². The number of halogens is 1. The van der Waals surface area contributed by atoms with E-state index in [-0.39, 0.29) is 5.82 Å². The first kappa shape index (κ1) is 15.5. The van der Waals surface area contributed by atoms with Crippen molar-refractivity contribution in [1.82, 2.24) is 5.32 Å². The number of hydrogen-bond donors (Lipinski definition) is 1. The molecule has 2 nitrogen and oxygen atoms in total. The first-order chi connectivity index (χ1) is 9.97. The minimum atomic E-state index is -0.197. The Hall–Kier alpha value is -1.87. The maximum absolute atomic E-state index is 13.6. The molecule has 0 bridgehead atoms. The zero-order valence-corrected chi connectivity index (χ0v) is 13.2. The third kappa shape index (κ3) is 4.05. The average molecular weight is 286 g/mol. The van der Waals surface area contributed by atoms with Gasteiger partial charge in [-0.15, -0.1) is 0 Å². The highest BCUT2D eigenvalue weighted by atomic mass is 19.1. The zero-order valence-electron chi connectivity index (χ0n) is 13.2. The fourth-order valence-corrected chi connectivity index (χ4v) is 2.31. The molecule has 0 aromatic heterocycles. The molecule has 0 spiro atoms. The molecule has 0 amide bonds. The van der Waals surface area contributed by atoms with Gasteiger partial charge in [0, 0.05) is 31.0 Å². The van der Waals surface area contributed by atoms with E-state index >= 15 is 0 Å². The molecule has 0 saturated carbocycles. The molecule has 0 aliphatic rings. The second-order valence-corrected chi connectivity index (χ2v) is 5.71. The molecular weight excluding hydrogens is 263 g/mol. The van der Waals surface area contributed by atoms with E-state index in [0.29, 0.717) is 12.6 Å². The SMILES string of the molecule is Cc1cccc(N(C)c2ccc(F)cc2CNC(C)C)c1. The van der Waals surface area contributed by atoms with E-state index in [9.17, 15) is 4.39 Å². The van der Waals surface area contributed by atoms with Gasteiger partial charge in [0.25, 0.3) is 0 Å². The minimum Gasteiger partial charge on any atom is -0.344 e. The summed E-state index contributed by atoms with van der Waals surface area (Å²) in [6.45, 7) is 6.90. The van der Waals surface area contributed by atoms with E-state index in [4.69, 9.17) is 0 Å². The van der Waals surface area contributed by atoms with Gasteiger partial charge in [-0.1, -0.05) is 26.0 Å². The number of nitrogens with one attached hydrogen (secondary N) is 1. The van der Waals surface area contributed by atoms with Crippen LogP contribution >= 0.6 is 0 Å². The molecular formula is C18H23FN2. The van der Waals surface area contributed by atoms with E-state index in [0.717, 1.165) is 16.9 Å². The van der Waals surface area contributed by atoms with Crippen molar-refractivity contribution < 1.29 is 4.39 Å². The van der Waals surface area contributed by atoms with E-state index in [2.05, 4.69) is 49.2 Å². The van der Waals surface area contributed by atoms with E-state index in [1.807, 2.05) is 19.2 Å². The number of aryl methyl sites for hydroxylation is 1. The van der Waals surface area contributed by atoms with E-state index < -0.39 is 0 Å². The van der Waals surface area contributed by atoms with Crippen molar-refractivity contribution in [3.8, 4) is 0 Å². The van der Waals surface area contributed by atoms with Crippen LogP contribution in [-0.2, 0) is 6.54 Å². The molecule has 0 aliphatic carbocycles. The lowest BCUT2D eigenvalue weighted by Crippen LogP contribution is -2.23. The Labute approximate surface area is 126 Å². The molecule has 0 unspecified atom stereocenters. The van der Waals surface area contributed by atoms with Crippen LogP contribution in [0.2, 0.25) is 0 Å². The van der Waals surface area contributed by atoms with Gasteiger partial charge in [-0.05, 0) is 48.4 Å². The second-order valence-electron chi connectivity index (χ2n) is 5.71. The zero-order chi connectivity index (χ0) is 15.4. The van der Waals surface area contributed by atoms with Crippen molar-refractivity contribution in [3.63, 3.8) is 0 Å². The van der Waals surface area contributed by atoms with Crippen LogP contribution in [0, 0.1) is 12.7 Å². The first-order valence-electron chi connectivity index (χ1n) is 7.29. The molecule has 0 heterocycles. The summed E-state index contributed by atoms with van der Waals surface area (Å²) in [5, 5.41) is 3.35. The molecule has 0 saturated heterocycles. The minimum absolute atomic E-state index is 0.197. The normalized spacial score (nSPS) is 11.0. The lowest BCUT2D eigenvalue weighted by molar-refractivity contribution is 0.581. The predicted molar refractivity (Wildman–Crippen MR) is 87.6 cm³/mol. The third-order valence-electron chi connectivity index (χ3n) is 3.49. The van der Waals surface area contributed by atoms with Crippen LogP contribution in [-0.4, -0.2) is 13.1 Å². The number of rotatable bonds is 5. The highest BCUT2D eigenvalue weighted by Crippen LogP contribution is 2.28. The Kier molecular flexibility index (Phi) is 4.97. The van der Waals surface area contributed by atoms with Crippen LogP contribution in [0.3, 0.4) is 0 Å². The van der Waals surface area contributed by atoms with Gasteiger partial charge in [0.05, 0.1) is 0 Å². The van der Waals surface area contributed by atoms with Gasteiger partial charge in [0.1, 0.15) is 5.82 Å². The van der Waals surface area contributed by atoms with Crippen molar-refractivity contribution >= 4 is 11.4 Å². The lowest BCUT2D eigenvalue weighted by Gasteiger charge is -2.24. The average Bonchev–Trinajstić information content (AvgIpc) is 2.44. The number of nitrogens with zero attached hydrogens (tertiary/aromatic N) is 1. The van der Waals surface area contributed by atoms with Gasteiger partial charge in [-0.25, -0.2) is 4.39 Å². The molecule has 1 N–H and O–H groups in total. The fraction of sp³-hybridized carbons (Fsp3) is 0.333. The van der Waals surface area contributed by atoms with Crippen LogP contribution in [0.25, 0.3) is 0 Å². The topological polar surface area (TPSA) is 15.3 Å². The second kappa shape index (κ2) is 6.72. The molecule has 112 valence electrons. The van der Waals surface area contributed by atoms with Crippen LogP contribution in [0.4, 0.5) is 15.8 Å². The molecule has 21 heavy (non-hydrogen) atoms. The smallest absolute Gasteiger partial charge is 0.123 e. The highest BCUT2D eigenvalue weighted by Gasteiger charge is 2.11. The van der Waals surface area contributed by atoms with E-state index in [1.54, 1.807) is 6.07 Å². The monoisotopic (exact) mass is 286 g/mol. The summed E-state index contributed by atoms with van der Waals surface area (Å²) in [6.07, 6.45) is 0. The van der Waals surface area contributed by atoms with Crippen LogP contribution in [0.1, 0.15) is 25.0 Å². The maximum Gasteiger partial charge on any atom is 0.123 e. The van der Waals surface area contributed by atoms with Crippen molar-refractivity contribution in [3.05, 3.63) is 59.4 Å². The fourth-order valence-electron chi connectivity index (χ4n) is 2.31. The van der Waals surface area contributed by atoms with Crippen molar-refractivity contribution in [1.29, 1.82) is 0 Å². The molecule has 0 aliphatic heterocycles. The highest BCUT2D eigenvalue weighted by molar-refractivity contribution is 5.66.